The summed E-state index contributed by atoms with van der Waals surface area (Å²) in [7, 11) is 0. The molecule has 1 heterocycles. The molecule has 4 nitrogen and oxygen atoms in total. The zero-order chi connectivity index (χ0) is 8.10. The summed E-state index contributed by atoms with van der Waals surface area (Å²) in [5.41, 5.74) is 9.16. The van der Waals surface area contributed by atoms with Crippen LogP contribution in [0.1, 0.15) is 6.92 Å². The summed E-state index contributed by atoms with van der Waals surface area (Å²) in [5, 5.41) is 6.63. The van der Waals surface area contributed by atoms with Gasteiger partial charge in [0.2, 0.25) is 0 Å². The van der Waals surface area contributed by atoms with Gasteiger partial charge in [0.05, 0.1) is 6.04 Å². The van der Waals surface area contributed by atoms with Crippen molar-refractivity contribution in [3.05, 3.63) is 34.4 Å². The quantitative estimate of drug-likeness (QED) is 0.363. The summed E-state index contributed by atoms with van der Waals surface area (Å²) >= 11 is 0. The van der Waals surface area contributed by atoms with E-state index >= 15 is 0 Å². The fraction of sp³-hybridized carbons (Fsp3) is 0.429. The molecule has 1 aliphatic rings. The standard InChI is InChI=1S/C7H10N4/c1-6-3-2-4-7(10-6)5-9-11-8/h2-4,7,10H,5H2,1H3. The van der Waals surface area contributed by atoms with Gasteiger partial charge >= 0.3 is 0 Å². The van der Waals surface area contributed by atoms with Crippen LogP contribution < -0.4 is 5.32 Å². The second kappa shape index (κ2) is 3.68. The van der Waals surface area contributed by atoms with Crippen LogP contribution in [0.5, 0.6) is 0 Å². The number of hydrogen-bond acceptors (Lipinski definition) is 2. The Morgan fingerprint density at radius 1 is 1.82 bits per heavy atom. The molecule has 0 saturated carbocycles. The lowest BCUT2D eigenvalue weighted by Crippen LogP contribution is -2.29. The molecule has 1 aliphatic heterocycles. The molecule has 0 aromatic heterocycles. The van der Waals surface area contributed by atoms with Gasteiger partial charge in [0.25, 0.3) is 0 Å². The normalized spacial score (nSPS) is 21.5. The zero-order valence-electron chi connectivity index (χ0n) is 6.36. The summed E-state index contributed by atoms with van der Waals surface area (Å²) in [6.45, 7) is 2.45. The van der Waals surface area contributed by atoms with Crippen LogP contribution in [-0.2, 0) is 0 Å². The van der Waals surface area contributed by atoms with Crippen LogP contribution in [0, 0.1) is 0 Å². The van der Waals surface area contributed by atoms with E-state index in [0.29, 0.717) is 6.54 Å². The van der Waals surface area contributed by atoms with Gasteiger partial charge in [0.1, 0.15) is 0 Å². The van der Waals surface area contributed by atoms with Crippen molar-refractivity contribution in [3.8, 4) is 0 Å². The molecule has 1 atom stereocenters. The molecule has 0 aliphatic carbocycles. The minimum Gasteiger partial charge on any atom is -0.382 e. The molecule has 0 aromatic rings. The first-order valence-corrected chi connectivity index (χ1v) is 3.45. The fourth-order valence-corrected chi connectivity index (χ4v) is 0.954. The van der Waals surface area contributed by atoms with E-state index in [1.54, 1.807) is 0 Å². The minimum absolute atomic E-state index is 0.163. The molecule has 0 fully saturated rings. The van der Waals surface area contributed by atoms with E-state index in [9.17, 15) is 0 Å². The third-order valence-electron chi connectivity index (χ3n) is 1.44. The number of nitrogens with one attached hydrogen (secondary N) is 1. The lowest BCUT2D eigenvalue weighted by molar-refractivity contribution is 0.667. The van der Waals surface area contributed by atoms with Gasteiger partial charge in [-0.2, -0.15) is 0 Å². The second-order valence-corrected chi connectivity index (χ2v) is 2.40. The number of rotatable bonds is 2. The smallest absolute Gasteiger partial charge is 0.0500 e. The molecule has 0 spiro atoms. The molecule has 11 heavy (non-hydrogen) atoms. The molecule has 1 N–H and O–H groups in total. The largest absolute Gasteiger partial charge is 0.382 e. The molecule has 0 aromatic carbocycles. The Morgan fingerprint density at radius 3 is 3.27 bits per heavy atom. The van der Waals surface area contributed by atoms with Gasteiger partial charge in [0, 0.05) is 17.2 Å². The maximum Gasteiger partial charge on any atom is 0.0500 e. The van der Waals surface area contributed by atoms with Gasteiger partial charge in [0.15, 0.2) is 0 Å². The second-order valence-electron chi connectivity index (χ2n) is 2.40. The molecule has 1 unspecified atom stereocenters. The molecular formula is C7H10N4. The summed E-state index contributed by atoms with van der Waals surface area (Å²) in [6, 6.07) is 0.163. The van der Waals surface area contributed by atoms with Gasteiger partial charge in [-0.05, 0) is 18.5 Å². The van der Waals surface area contributed by atoms with Crippen LogP contribution >= 0.6 is 0 Å². The summed E-state index contributed by atoms with van der Waals surface area (Å²) < 4.78 is 0. The first-order valence-electron chi connectivity index (χ1n) is 3.45. The maximum atomic E-state index is 8.05. The van der Waals surface area contributed by atoms with Gasteiger partial charge in [-0.15, -0.1) is 0 Å². The Balaban J connectivity index is 2.46. The minimum atomic E-state index is 0.163. The van der Waals surface area contributed by atoms with Crippen LogP contribution in [-0.4, -0.2) is 12.6 Å². The number of nitrogens with zero attached hydrogens (tertiary/aromatic N) is 3. The van der Waals surface area contributed by atoms with E-state index in [2.05, 4.69) is 15.3 Å². The fourth-order valence-electron chi connectivity index (χ4n) is 0.954. The van der Waals surface area contributed by atoms with E-state index in [0.717, 1.165) is 5.70 Å². The van der Waals surface area contributed by atoms with Crippen molar-refractivity contribution in [2.75, 3.05) is 6.54 Å². The van der Waals surface area contributed by atoms with Gasteiger partial charge in [-0.25, -0.2) is 0 Å². The number of hydrogen-bond donors (Lipinski definition) is 1. The van der Waals surface area contributed by atoms with E-state index in [1.165, 1.54) is 0 Å². The molecule has 1 rings (SSSR count). The predicted molar refractivity (Wildman–Crippen MR) is 43.8 cm³/mol. The van der Waals surface area contributed by atoms with Crippen molar-refractivity contribution >= 4 is 0 Å². The molecule has 58 valence electrons. The molecule has 0 amide bonds. The first-order chi connectivity index (χ1) is 5.33. The highest BCUT2D eigenvalue weighted by molar-refractivity contribution is 5.18. The van der Waals surface area contributed by atoms with Crippen LogP contribution in [0.15, 0.2) is 29.0 Å². The maximum absolute atomic E-state index is 8.05. The summed E-state index contributed by atoms with van der Waals surface area (Å²) in [5.74, 6) is 0. The number of azide groups is 1. The highest BCUT2D eigenvalue weighted by Crippen LogP contribution is 2.01. The highest BCUT2D eigenvalue weighted by Gasteiger charge is 2.04. The third-order valence-corrected chi connectivity index (χ3v) is 1.44. The van der Waals surface area contributed by atoms with Crippen LogP contribution in [0.25, 0.3) is 10.4 Å². The van der Waals surface area contributed by atoms with Crippen molar-refractivity contribution in [2.24, 2.45) is 5.11 Å². The third kappa shape index (κ3) is 2.35. The highest BCUT2D eigenvalue weighted by atomic mass is 15.1. The Hall–Kier alpha value is -1.41. The van der Waals surface area contributed by atoms with Gasteiger partial charge in [-0.1, -0.05) is 17.3 Å². The lowest BCUT2D eigenvalue weighted by atomic mass is 10.2. The molecule has 0 radical (unpaired) electrons. The van der Waals surface area contributed by atoms with Crippen LogP contribution in [0.2, 0.25) is 0 Å². The van der Waals surface area contributed by atoms with Crippen LogP contribution in [0.3, 0.4) is 0 Å². The monoisotopic (exact) mass is 150 g/mol. The Kier molecular flexibility index (Phi) is 2.58. The first kappa shape index (κ1) is 7.69. The van der Waals surface area contributed by atoms with Crippen molar-refractivity contribution in [2.45, 2.75) is 13.0 Å². The van der Waals surface area contributed by atoms with Crippen molar-refractivity contribution < 1.29 is 0 Å². The van der Waals surface area contributed by atoms with E-state index < -0.39 is 0 Å². The summed E-state index contributed by atoms with van der Waals surface area (Å²) in [4.78, 5) is 2.69. The number of dihydropyridines is 1. The molecular weight excluding hydrogens is 140 g/mol. The molecule has 0 bridgehead atoms. The van der Waals surface area contributed by atoms with E-state index in [1.807, 2.05) is 25.2 Å². The topological polar surface area (TPSA) is 60.8 Å². The van der Waals surface area contributed by atoms with E-state index in [-0.39, 0.29) is 6.04 Å². The van der Waals surface area contributed by atoms with Crippen molar-refractivity contribution in [1.82, 2.24) is 5.32 Å². The predicted octanol–water partition coefficient (Wildman–Crippen LogP) is 1.73. The van der Waals surface area contributed by atoms with Gasteiger partial charge in [-0.3, -0.25) is 0 Å². The average Bonchev–Trinajstić information content (AvgIpc) is 2.01. The Labute approximate surface area is 65.2 Å². The average molecular weight is 150 g/mol. The van der Waals surface area contributed by atoms with Crippen molar-refractivity contribution in [1.29, 1.82) is 0 Å². The Morgan fingerprint density at radius 2 is 2.64 bits per heavy atom. The van der Waals surface area contributed by atoms with Crippen molar-refractivity contribution in [3.63, 3.8) is 0 Å². The summed E-state index contributed by atoms with van der Waals surface area (Å²) in [6.07, 6.45) is 5.91. The van der Waals surface area contributed by atoms with E-state index in [4.69, 9.17) is 5.53 Å². The SMILES string of the molecule is CC1=CC=CC(CN=[N+]=[N-])N1. The van der Waals surface area contributed by atoms with Crippen LogP contribution in [0.4, 0.5) is 0 Å². The molecule has 4 heteroatoms. The van der Waals surface area contributed by atoms with Gasteiger partial charge < -0.3 is 5.32 Å². The molecule has 0 saturated heterocycles. The lowest BCUT2D eigenvalue weighted by Gasteiger charge is -2.16. The zero-order valence-corrected chi connectivity index (χ0v) is 6.36. The Bertz CT molecular complexity index is 233. The number of allylic oxidation sites excluding steroid dienone is 3.